The van der Waals surface area contributed by atoms with Gasteiger partial charge in [-0.2, -0.15) is 5.26 Å². The molecule has 0 amide bonds. The molecule has 0 aromatic carbocycles. The van der Waals surface area contributed by atoms with E-state index in [1.807, 2.05) is 6.07 Å². The van der Waals surface area contributed by atoms with Crippen LogP contribution in [0.25, 0.3) is 0 Å². The summed E-state index contributed by atoms with van der Waals surface area (Å²) in [6.45, 7) is 0. The van der Waals surface area contributed by atoms with Crippen molar-refractivity contribution in [1.29, 1.82) is 5.26 Å². The molecule has 50 valence electrons. The number of thiol groups is 1. The fourth-order valence-electron chi connectivity index (χ4n) is 0.392. The molecule has 1 aromatic rings. The first-order valence-electron chi connectivity index (χ1n) is 2.06. The number of aromatic amines is 1. The molecule has 7 heteroatoms. The molecule has 0 atom stereocenters. The molecule has 0 spiro atoms. The first-order valence-corrected chi connectivity index (χ1v) is 3.73. The number of H-pyrrole nitrogens is 1. The number of nitriles is 1. The van der Waals surface area contributed by atoms with Crippen molar-refractivity contribution in [3.05, 3.63) is 10.2 Å². The van der Waals surface area contributed by atoms with Crippen LogP contribution in [0.5, 0.6) is 0 Å². The molecule has 1 rings (SSSR count). The Balaban J connectivity index is -0.000000101. The van der Waals surface area contributed by atoms with Crippen LogP contribution in [0, 0.1) is 16.0 Å². The summed E-state index contributed by atoms with van der Waals surface area (Å²) in [4.78, 5) is 0. The Morgan fingerprint density at radius 3 is 2.36 bits per heavy atom. The van der Waals surface area contributed by atoms with E-state index in [1.54, 1.807) is 0 Å². The van der Waals surface area contributed by atoms with Gasteiger partial charge in [-0.1, -0.05) is 23.8 Å². The van der Waals surface area contributed by atoms with E-state index in [1.165, 1.54) is 11.5 Å². The molecular formula is C4H4N2Na2S3. The summed E-state index contributed by atoms with van der Waals surface area (Å²) in [7, 11) is 0. The van der Waals surface area contributed by atoms with Crippen LogP contribution < -0.4 is 59.1 Å². The zero-order chi connectivity index (χ0) is 6.85. The molecule has 11 heavy (non-hydrogen) atoms. The molecule has 0 saturated carbocycles. The van der Waals surface area contributed by atoms with E-state index in [0.717, 1.165) is 0 Å². The molecule has 0 aliphatic rings. The van der Waals surface area contributed by atoms with Crippen molar-refractivity contribution in [2.45, 2.75) is 4.21 Å². The first-order chi connectivity index (χ1) is 4.25. The van der Waals surface area contributed by atoms with Crippen molar-refractivity contribution in [2.24, 2.45) is 0 Å². The molecule has 0 unspecified atom stereocenters. The van der Waals surface area contributed by atoms with Gasteiger partial charge < -0.3 is 2.85 Å². The van der Waals surface area contributed by atoms with Crippen molar-refractivity contribution in [3.8, 4) is 6.07 Å². The van der Waals surface area contributed by atoms with Crippen LogP contribution in [0.1, 0.15) is 8.42 Å². The second-order valence-corrected chi connectivity index (χ2v) is 3.30. The first kappa shape index (κ1) is 15.2. The molecule has 0 aliphatic heterocycles. The van der Waals surface area contributed by atoms with Crippen molar-refractivity contribution in [3.63, 3.8) is 0 Å². The van der Waals surface area contributed by atoms with E-state index in [9.17, 15) is 0 Å². The SMILES string of the molecule is N#Cc1c(S)s[nH]c1=S.[H-].[H-].[Na+].[Na+]. The Kier molecular flexibility index (Phi) is 9.83. The van der Waals surface area contributed by atoms with E-state index in [2.05, 4.69) is 17.0 Å². The fraction of sp³-hybridized carbons (Fsp3) is 0. The Hall–Kier alpha value is 1.69. The third kappa shape index (κ3) is 3.94. The van der Waals surface area contributed by atoms with Crippen LogP contribution in [0.4, 0.5) is 0 Å². The van der Waals surface area contributed by atoms with Gasteiger partial charge in [0.15, 0.2) is 0 Å². The van der Waals surface area contributed by atoms with Crippen molar-refractivity contribution in [1.82, 2.24) is 4.37 Å². The van der Waals surface area contributed by atoms with Crippen LogP contribution in [0.15, 0.2) is 4.21 Å². The van der Waals surface area contributed by atoms with Crippen molar-refractivity contribution in [2.75, 3.05) is 0 Å². The summed E-state index contributed by atoms with van der Waals surface area (Å²) in [6, 6.07) is 1.94. The van der Waals surface area contributed by atoms with Gasteiger partial charge in [-0.25, -0.2) is 0 Å². The fourth-order valence-corrected chi connectivity index (χ4v) is 1.65. The minimum Gasteiger partial charge on any atom is -1.00 e. The van der Waals surface area contributed by atoms with Gasteiger partial charge in [0.2, 0.25) is 0 Å². The quantitative estimate of drug-likeness (QED) is 0.268. The number of hydrogen-bond acceptors (Lipinski definition) is 4. The third-order valence-electron chi connectivity index (χ3n) is 0.793. The number of rotatable bonds is 0. The van der Waals surface area contributed by atoms with Crippen LogP contribution in [-0.2, 0) is 0 Å². The molecule has 0 fully saturated rings. The maximum absolute atomic E-state index is 8.41. The normalized spacial score (nSPS) is 7.27. The van der Waals surface area contributed by atoms with Gasteiger partial charge in [-0.05, 0) is 0 Å². The maximum Gasteiger partial charge on any atom is 1.00 e. The standard InChI is InChI=1S/C4H2N2S3.2Na.2H/c5-1-2-3(7)6-9-4(2)8;;;;/h8H,(H,6,7);;;;/q;2*+1;2*-1. The van der Waals surface area contributed by atoms with Gasteiger partial charge in [-0.3, -0.25) is 4.37 Å². The smallest absolute Gasteiger partial charge is 1.00 e. The van der Waals surface area contributed by atoms with Gasteiger partial charge in [0.25, 0.3) is 0 Å². The van der Waals surface area contributed by atoms with Crippen LogP contribution in [0.2, 0.25) is 0 Å². The minimum atomic E-state index is 0. The Labute approximate surface area is 127 Å². The zero-order valence-corrected chi connectivity index (χ0v) is 12.7. The minimum absolute atomic E-state index is 0. The molecule has 0 bridgehead atoms. The molecular weight excluding hydrogens is 218 g/mol. The molecule has 1 aromatic heterocycles. The monoisotopic (exact) mass is 222 g/mol. The molecule has 1 heterocycles. The van der Waals surface area contributed by atoms with E-state index < -0.39 is 0 Å². The van der Waals surface area contributed by atoms with E-state index >= 15 is 0 Å². The Bertz CT molecular complexity index is 318. The summed E-state index contributed by atoms with van der Waals surface area (Å²) in [6.07, 6.45) is 0. The topological polar surface area (TPSA) is 39.6 Å². The Morgan fingerprint density at radius 1 is 1.64 bits per heavy atom. The number of hydrogen-bond donors (Lipinski definition) is 2. The maximum atomic E-state index is 8.41. The predicted octanol–water partition coefficient (Wildman–Crippen LogP) is -3.80. The second kappa shape index (κ2) is 7.13. The number of aromatic nitrogens is 1. The summed E-state index contributed by atoms with van der Waals surface area (Å²) in [5.74, 6) is 0. The van der Waals surface area contributed by atoms with Gasteiger partial charge >= 0.3 is 59.1 Å². The molecule has 1 N–H and O–H groups in total. The molecule has 0 radical (unpaired) electrons. The molecule has 2 nitrogen and oxygen atoms in total. The summed E-state index contributed by atoms with van der Waals surface area (Å²) in [5.41, 5.74) is 0.471. The molecule has 0 saturated heterocycles. The third-order valence-corrected chi connectivity index (χ3v) is 2.43. The van der Waals surface area contributed by atoms with Crippen molar-refractivity contribution < 1.29 is 62.0 Å². The van der Waals surface area contributed by atoms with Gasteiger partial charge in [0, 0.05) is 0 Å². The summed E-state index contributed by atoms with van der Waals surface area (Å²) < 4.78 is 3.88. The van der Waals surface area contributed by atoms with Crippen LogP contribution in [0.3, 0.4) is 0 Å². The average Bonchev–Trinajstić information content (AvgIpc) is 2.12. The number of nitrogens with one attached hydrogen (secondary N) is 1. The van der Waals surface area contributed by atoms with Gasteiger partial charge in [0.05, 0.1) is 4.21 Å². The average molecular weight is 222 g/mol. The van der Waals surface area contributed by atoms with Crippen molar-refractivity contribution >= 4 is 36.4 Å². The molecule has 0 aliphatic carbocycles. The summed E-state index contributed by atoms with van der Waals surface area (Å²) >= 11 is 10.0. The van der Waals surface area contributed by atoms with Gasteiger partial charge in [0.1, 0.15) is 16.3 Å². The Morgan fingerprint density at radius 2 is 2.18 bits per heavy atom. The van der Waals surface area contributed by atoms with Crippen LogP contribution in [-0.4, -0.2) is 4.37 Å². The largest absolute Gasteiger partial charge is 1.00 e. The van der Waals surface area contributed by atoms with E-state index in [0.29, 0.717) is 14.4 Å². The second-order valence-electron chi connectivity index (χ2n) is 1.33. The number of nitrogens with zero attached hydrogens (tertiary/aromatic N) is 1. The van der Waals surface area contributed by atoms with E-state index in [4.69, 9.17) is 17.5 Å². The van der Waals surface area contributed by atoms with Crippen LogP contribution >= 0.6 is 36.4 Å². The predicted molar refractivity (Wildman–Crippen MR) is 43.7 cm³/mol. The summed E-state index contributed by atoms with van der Waals surface area (Å²) in [5, 5.41) is 8.41. The van der Waals surface area contributed by atoms with Gasteiger partial charge in [-0.15, -0.1) is 12.6 Å². The zero-order valence-electron chi connectivity index (χ0n) is 8.21. The van der Waals surface area contributed by atoms with E-state index in [-0.39, 0.29) is 62.0 Å².